The Morgan fingerprint density at radius 2 is 1.71 bits per heavy atom. The van der Waals surface area contributed by atoms with Crippen LogP contribution in [0, 0.1) is 24.8 Å². The van der Waals surface area contributed by atoms with Gasteiger partial charge in [-0.05, 0) is 72.1 Å². The van der Waals surface area contributed by atoms with Gasteiger partial charge in [-0.1, -0.05) is 77.9 Å². The monoisotopic (exact) mass is 1010 g/mol. The highest BCUT2D eigenvalue weighted by Crippen LogP contribution is 2.46. The third-order valence-electron chi connectivity index (χ3n) is 14.9. The van der Waals surface area contributed by atoms with Gasteiger partial charge in [-0.25, -0.2) is 9.83 Å². The fourth-order valence-electron chi connectivity index (χ4n) is 10.6. The summed E-state index contributed by atoms with van der Waals surface area (Å²) in [6, 6.07) is 16.8. The second kappa shape index (κ2) is 22.5. The number of ether oxygens (including phenoxy) is 2. The topological polar surface area (TPSA) is 188 Å². The number of anilines is 1. The van der Waals surface area contributed by atoms with Crippen molar-refractivity contribution in [1.29, 1.82) is 0 Å². The Morgan fingerprint density at radius 3 is 2.37 bits per heavy atom. The number of nitrogens with zero attached hydrogens (tertiary/aromatic N) is 4. The third-order valence-corrected chi connectivity index (χ3v) is 15.9. The normalized spacial score (nSPS) is 18.0. The third kappa shape index (κ3) is 11.8. The lowest BCUT2D eigenvalue weighted by Crippen LogP contribution is -2.50. The zero-order chi connectivity index (χ0) is 52.2. The van der Waals surface area contributed by atoms with E-state index in [1.54, 1.807) is 17.4 Å². The fourth-order valence-corrected chi connectivity index (χ4v) is 11.5. The molecule has 8 rings (SSSR count). The van der Waals surface area contributed by atoms with Crippen molar-refractivity contribution >= 4 is 62.9 Å². The number of amides is 3. The number of thiazole rings is 1. The van der Waals surface area contributed by atoms with Crippen molar-refractivity contribution < 1.29 is 38.6 Å². The van der Waals surface area contributed by atoms with Crippen molar-refractivity contribution in [2.75, 3.05) is 51.0 Å². The number of Topliss-reactive ketones (excluding diaryl/α,β-unsaturated/α-hetero) is 1. The molecular weight excluding hydrogens is 943 g/mol. The molecule has 1 aliphatic carbocycles. The van der Waals surface area contributed by atoms with E-state index < -0.39 is 28.9 Å². The van der Waals surface area contributed by atoms with Crippen LogP contribution in [0.3, 0.4) is 0 Å². The number of hydrogen-bond donors (Lipinski definition) is 4. The van der Waals surface area contributed by atoms with Crippen molar-refractivity contribution in [1.82, 2.24) is 25.5 Å². The van der Waals surface area contributed by atoms with Gasteiger partial charge in [0, 0.05) is 97.1 Å². The molecule has 2 saturated heterocycles. The molecule has 4 N–H and O–H groups in total. The Labute approximate surface area is 432 Å². The number of nitrogens with one attached hydrogen (secondary N) is 3. The molecule has 3 aromatic carbocycles. The Kier molecular flexibility index (Phi) is 16.3. The number of carbonyl (C=O) groups is 5. The standard InChI is InChI=1S/C57H69N7O8S/c1-9-36-26-43-44(57(6,7)53-50(51(43)68)42-15-14-39(58-8)27-46(42)62-53)30-47(36)63-20-16-38(17-21-63)61-49(67)19-23-72-25-24-71-22-18-40(65)28-45(56(3,4)5)55(70)64-32-41(66)29-48(64)54(69)59-31-35-10-12-37(13-11-35)52-34(2)60-33-73-52/h10-15,26-27,30,33,38,41,45,48,62,66H,9,16-25,28-29,31-32H2,1-7H3,(H,59,69)(H,61,67)/t41-,45-,48+/m1/s1. The molecule has 3 amide bonds. The van der Waals surface area contributed by atoms with Gasteiger partial charge in [-0.3, -0.25) is 24.0 Å². The number of benzene rings is 3. The summed E-state index contributed by atoms with van der Waals surface area (Å²) in [7, 11) is 0. The first-order valence-corrected chi connectivity index (χ1v) is 26.5. The maximum Gasteiger partial charge on any atom is 0.243 e. The number of carbonyl (C=O) groups excluding carboxylic acids is 5. The van der Waals surface area contributed by atoms with Gasteiger partial charge in [-0.2, -0.15) is 0 Å². The van der Waals surface area contributed by atoms with Gasteiger partial charge in [0.05, 0.1) is 60.7 Å². The van der Waals surface area contributed by atoms with Crippen molar-refractivity contribution in [2.24, 2.45) is 11.3 Å². The van der Waals surface area contributed by atoms with E-state index in [2.05, 4.69) is 63.3 Å². The SMILES string of the molecule is [C-]#[N+]c1ccc2c3c([nH]c2c1)C(C)(C)c1cc(N2CCC(NC(=O)CCOCCOCCC(=O)C[C@H](C(=O)N4C[C@H](O)C[C@H]4C(=O)NCc4ccc(-c5scnc5C)cc4)C(C)(C)C)CC2)c(CC)cc1C3=O. The van der Waals surface area contributed by atoms with Crippen LogP contribution in [-0.4, -0.2) is 114 Å². The zero-order valence-electron chi connectivity index (χ0n) is 43.2. The molecule has 15 nitrogen and oxygen atoms in total. The molecule has 0 saturated carbocycles. The van der Waals surface area contributed by atoms with Gasteiger partial charge >= 0.3 is 0 Å². The molecule has 4 heterocycles. The number of aryl methyl sites for hydroxylation is 2. The number of likely N-dealkylation sites (tertiary alicyclic amines) is 1. The summed E-state index contributed by atoms with van der Waals surface area (Å²) in [5.41, 5.74) is 10.5. The van der Waals surface area contributed by atoms with E-state index in [-0.39, 0.29) is 101 Å². The molecule has 73 heavy (non-hydrogen) atoms. The van der Waals surface area contributed by atoms with Crippen LogP contribution in [0.25, 0.3) is 26.2 Å². The molecule has 3 aliphatic rings. The molecule has 2 aromatic heterocycles. The van der Waals surface area contributed by atoms with Crippen LogP contribution in [0.2, 0.25) is 0 Å². The lowest BCUT2D eigenvalue weighted by molar-refractivity contribution is -0.146. The van der Waals surface area contributed by atoms with Crippen molar-refractivity contribution in [3.05, 3.63) is 111 Å². The number of aromatic nitrogens is 2. The van der Waals surface area contributed by atoms with E-state index in [0.717, 1.165) is 93.0 Å². The van der Waals surface area contributed by atoms with Crippen molar-refractivity contribution in [3.8, 4) is 10.4 Å². The van der Waals surface area contributed by atoms with Crippen LogP contribution in [-0.2, 0) is 47.0 Å². The van der Waals surface area contributed by atoms with Crippen LogP contribution >= 0.6 is 11.3 Å². The quantitative estimate of drug-likeness (QED) is 0.0462. The summed E-state index contributed by atoms with van der Waals surface area (Å²) >= 11 is 1.58. The molecule has 386 valence electrons. The molecule has 16 heteroatoms. The molecule has 0 spiro atoms. The summed E-state index contributed by atoms with van der Waals surface area (Å²) in [5, 5.41) is 17.6. The number of hydrogen-bond acceptors (Lipinski definition) is 11. The molecule has 2 aliphatic heterocycles. The van der Waals surface area contributed by atoms with E-state index in [9.17, 15) is 29.1 Å². The van der Waals surface area contributed by atoms with Gasteiger partial charge in [0.1, 0.15) is 11.8 Å². The summed E-state index contributed by atoms with van der Waals surface area (Å²) < 4.78 is 11.4. The molecule has 2 fully saturated rings. The van der Waals surface area contributed by atoms with Gasteiger partial charge < -0.3 is 40.0 Å². The number of aromatic amines is 1. The molecule has 0 bridgehead atoms. The smallest absolute Gasteiger partial charge is 0.243 e. The van der Waals surface area contributed by atoms with E-state index >= 15 is 0 Å². The number of aliphatic hydroxyl groups excluding tert-OH is 1. The molecular formula is C57H69N7O8S. The highest BCUT2D eigenvalue weighted by Gasteiger charge is 2.45. The lowest BCUT2D eigenvalue weighted by atomic mass is 9.70. The average molecular weight is 1010 g/mol. The van der Waals surface area contributed by atoms with E-state index in [4.69, 9.17) is 16.0 Å². The Bertz CT molecular complexity index is 2900. The average Bonchev–Trinajstić information content (AvgIpc) is 4.11. The summed E-state index contributed by atoms with van der Waals surface area (Å²) in [4.78, 5) is 84.2. The lowest BCUT2D eigenvalue weighted by Gasteiger charge is -2.38. The maximum atomic E-state index is 14.1. The highest BCUT2D eigenvalue weighted by molar-refractivity contribution is 7.13. The zero-order valence-corrected chi connectivity index (χ0v) is 44.0. The molecule has 0 radical (unpaired) electrons. The number of β-amino-alcohol motifs (C(OH)–C–C–N with tert-alkyl or cyclic N) is 1. The minimum Gasteiger partial charge on any atom is -0.391 e. The molecule has 3 atom stereocenters. The van der Waals surface area contributed by atoms with Gasteiger partial charge in [-0.15, -0.1) is 11.3 Å². The number of fused-ring (bicyclic) bond motifs is 4. The summed E-state index contributed by atoms with van der Waals surface area (Å²) in [6.45, 7) is 24.2. The molecule has 5 aromatic rings. The van der Waals surface area contributed by atoms with Gasteiger partial charge in [0.15, 0.2) is 11.5 Å². The maximum absolute atomic E-state index is 14.1. The largest absolute Gasteiger partial charge is 0.391 e. The first-order valence-electron chi connectivity index (χ1n) is 25.6. The fraction of sp³-hybridized carbons (Fsp3) is 0.491. The predicted octanol–water partition coefficient (Wildman–Crippen LogP) is 8.38. The number of rotatable bonds is 19. The van der Waals surface area contributed by atoms with Crippen LogP contribution < -0.4 is 15.5 Å². The van der Waals surface area contributed by atoms with Gasteiger partial charge in [0.2, 0.25) is 17.7 Å². The number of aliphatic hydroxyl groups is 1. The first kappa shape index (κ1) is 53.1. The number of piperidine rings is 1. The van der Waals surface area contributed by atoms with E-state index in [1.165, 1.54) is 4.90 Å². The van der Waals surface area contributed by atoms with Crippen molar-refractivity contribution in [2.45, 2.75) is 124 Å². The van der Waals surface area contributed by atoms with Crippen LogP contribution in [0.15, 0.2) is 60.1 Å². The van der Waals surface area contributed by atoms with E-state index in [0.29, 0.717) is 11.3 Å². The van der Waals surface area contributed by atoms with Gasteiger partial charge in [0.25, 0.3) is 0 Å². The number of H-pyrrole nitrogens is 1. The summed E-state index contributed by atoms with van der Waals surface area (Å²) in [6.07, 6.45) is 1.92. The van der Waals surface area contributed by atoms with Crippen LogP contribution in [0.1, 0.15) is 124 Å². The van der Waals surface area contributed by atoms with E-state index in [1.807, 2.05) is 69.6 Å². The second-order valence-electron chi connectivity index (χ2n) is 21.3. The first-order chi connectivity index (χ1) is 34.9. The Morgan fingerprint density at radius 1 is 1.00 bits per heavy atom. The molecule has 0 unspecified atom stereocenters. The second-order valence-corrected chi connectivity index (χ2v) is 22.2. The van der Waals surface area contributed by atoms with Crippen LogP contribution in [0.5, 0.6) is 0 Å². The minimum absolute atomic E-state index is 0.00600. The Balaban J connectivity index is 0.731. The predicted molar refractivity (Wildman–Crippen MR) is 283 cm³/mol. The Hall–Kier alpha value is -6.25. The van der Waals surface area contributed by atoms with Crippen LogP contribution in [0.4, 0.5) is 11.4 Å². The number of ketones is 2. The highest BCUT2D eigenvalue weighted by atomic mass is 32.1. The van der Waals surface area contributed by atoms with Crippen molar-refractivity contribution in [3.63, 3.8) is 0 Å². The summed E-state index contributed by atoms with van der Waals surface area (Å²) in [5.74, 6) is -1.57. The minimum atomic E-state index is -0.848.